The van der Waals surface area contributed by atoms with Crippen LogP contribution in [0.1, 0.15) is 44.1 Å². The molecule has 2 saturated heterocycles. The standard InChI is InChI=1S/C22H33N3O4S/c1-24-10-3-4-18-5-6-19(15-20(18)24)23-21(26)14-17-7-13-29-22(16-17)8-11-25(12-9-22)30(2,27)28/h5-6,15,17H,3-4,7-14,16H2,1-2H3,(H,23,26). The summed E-state index contributed by atoms with van der Waals surface area (Å²) in [6.07, 6.45) is 7.11. The number of anilines is 2. The Morgan fingerprint density at radius 2 is 2.03 bits per heavy atom. The van der Waals surface area contributed by atoms with Crippen LogP contribution in [0.15, 0.2) is 18.2 Å². The molecule has 0 aliphatic carbocycles. The van der Waals surface area contributed by atoms with Gasteiger partial charge in [0.05, 0.1) is 11.9 Å². The number of sulfonamides is 1. The van der Waals surface area contributed by atoms with Crippen molar-refractivity contribution in [3.63, 3.8) is 0 Å². The minimum atomic E-state index is -3.15. The van der Waals surface area contributed by atoms with Crippen LogP contribution in [0.4, 0.5) is 11.4 Å². The average Bonchev–Trinajstić information content (AvgIpc) is 2.68. The molecule has 1 aromatic rings. The quantitative estimate of drug-likeness (QED) is 0.787. The van der Waals surface area contributed by atoms with Gasteiger partial charge in [0.15, 0.2) is 0 Å². The number of carbonyl (C=O) groups is 1. The van der Waals surface area contributed by atoms with Crippen LogP contribution in [0.25, 0.3) is 0 Å². The summed E-state index contributed by atoms with van der Waals surface area (Å²) in [7, 11) is -1.05. The SMILES string of the molecule is CN1CCCc2ccc(NC(=O)CC3CCOC4(CCN(S(C)(=O)=O)CC4)C3)cc21. The molecule has 166 valence electrons. The number of ether oxygens (including phenoxy) is 1. The Bertz CT molecular complexity index is 894. The monoisotopic (exact) mass is 435 g/mol. The summed E-state index contributed by atoms with van der Waals surface area (Å²) in [5.74, 6) is 0.313. The Kier molecular flexibility index (Phi) is 6.10. The largest absolute Gasteiger partial charge is 0.375 e. The van der Waals surface area contributed by atoms with Gasteiger partial charge < -0.3 is 15.0 Å². The lowest BCUT2D eigenvalue weighted by Crippen LogP contribution is -2.50. The molecule has 1 unspecified atom stereocenters. The van der Waals surface area contributed by atoms with Gasteiger partial charge in [-0.15, -0.1) is 0 Å². The summed E-state index contributed by atoms with van der Waals surface area (Å²) >= 11 is 0. The van der Waals surface area contributed by atoms with E-state index in [2.05, 4.69) is 29.4 Å². The number of rotatable bonds is 4. The summed E-state index contributed by atoms with van der Waals surface area (Å²) in [6.45, 7) is 2.69. The van der Waals surface area contributed by atoms with Gasteiger partial charge in [0.1, 0.15) is 0 Å². The molecule has 3 heterocycles. The van der Waals surface area contributed by atoms with E-state index in [0.29, 0.717) is 39.0 Å². The predicted octanol–water partition coefficient (Wildman–Crippen LogP) is 2.62. The molecule has 0 bridgehead atoms. The van der Waals surface area contributed by atoms with Gasteiger partial charge in [0.2, 0.25) is 15.9 Å². The highest BCUT2D eigenvalue weighted by Gasteiger charge is 2.42. The van der Waals surface area contributed by atoms with Crippen LogP contribution in [0, 0.1) is 5.92 Å². The van der Waals surface area contributed by atoms with Crippen molar-refractivity contribution < 1.29 is 17.9 Å². The molecule has 7 nitrogen and oxygen atoms in total. The Hall–Kier alpha value is -1.64. The molecule has 0 radical (unpaired) electrons. The molecule has 1 aromatic carbocycles. The maximum Gasteiger partial charge on any atom is 0.224 e. The first-order valence-electron chi connectivity index (χ1n) is 11.0. The Balaban J connectivity index is 1.33. The number of hydrogen-bond donors (Lipinski definition) is 1. The fourth-order valence-electron chi connectivity index (χ4n) is 5.19. The highest BCUT2D eigenvalue weighted by atomic mass is 32.2. The molecular formula is C22H33N3O4S. The third-order valence-corrected chi connectivity index (χ3v) is 8.19. The lowest BCUT2D eigenvalue weighted by atomic mass is 9.78. The highest BCUT2D eigenvalue weighted by Crippen LogP contribution is 2.39. The molecule has 3 aliphatic heterocycles. The van der Waals surface area contributed by atoms with E-state index in [-0.39, 0.29) is 17.4 Å². The minimum absolute atomic E-state index is 0.0454. The first-order chi connectivity index (χ1) is 14.2. The predicted molar refractivity (Wildman–Crippen MR) is 118 cm³/mol. The molecule has 30 heavy (non-hydrogen) atoms. The topological polar surface area (TPSA) is 79.0 Å². The zero-order valence-electron chi connectivity index (χ0n) is 18.0. The van der Waals surface area contributed by atoms with Crippen LogP contribution < -0.4 is 10.2 Å². The maximum atomic E-state index is 12.7. The number of aryl methyl sites for hydroxylation is 1. The summed E-state index contributed by atoms with van der Waals surface area (Å²) < 4.78 is 31.2. The Morgan fingerprint density at radius 3 is 2.77 bits per heavy atom. The number of fused-ring (bicyclic) bond motifs is 1. The number of carbonyl (C=O) groups excluding carboxylic acids is 1. The van der Waals surface area contributed by atoms with E-state index in [1.54, 1.807) is 0 Å². The molecule has 0 saturated carbocycles. The maximum absolute atomic E-state index is 12.7. The van der Waals surface area contributed by atoms with Crippen molar-refractivity contribution in [1.82, 2.24) is 4.31 Å². The fraction of sp³-hybridized carbons (Fsp3) is 0.682. The summed E-state index contributed by atoms with van der Waals surface area (Å²) in [6, 6.07) is 6.21. The fourth-order valence-corrected chi connectivity index (χ4v) is 6.03. The van der Waals surface area contributed by atoms with Crippen LogP contribution in [-0.2, 0) is 26.0 Å². The van der Waals surface area contributed by atoms with Crippen molar-refractivity contribution in [2.24, 2.45) is 5.92 Å². The number of piperidine rings is 1. The normalized spacial score (nSPS) is 24.5. The van der Waals surface area contributed by atoms with Gasteiger partial charge in [0, 0.05) is 51.1 Å². The molecule has 0 aromatic heterocycles. The number of nitrogens with one attached hydrogen (secondary N) is 1. The smallest absolute Gasteiger partial charge is 0.224 e. The third-order valence-electron chi connectivity index (χ3n) is 6.89. The lowest BCUT2D eigenvalue weighted by Gasteiger charge is -2.45. The van der Waals surface area contributed by atoms with Crippen LogP contribution in [0.2, 0.25) is 0 Å². The molecule has 1 N–H and O–H groups in total. The zero-order valence-corrected chi connectivity index (χ0v) is 18.8. The van der Waals surface area contributed by atoms with E-state index >= 15 is 0 Å². The van der Waals surface area contributed by atoms with E-state index in [1.807, 2.05) is 6.07 Å². The summed E-state index contributed by atoms with van der Waals surface area (Å²) in [4.78, 5) is 15.0. The number of hydrogen-bond acceptors (Lipinski definition) is 5. The van der Waals surface area contributed by atoms with E-state index in [1.165, 1.54) is 28.2 Å². The zero-order chi connectivity index (χ0) is 21.4. The van der Waals surface area contributed by atoms with Gasteiger partial charge >= 0.3 is 0 Å². The van der Waals surface area contributed by atoms with E-state index in [9.17, 15) is 13.2 Å². The molecule has 4 rings (SSSR count). The Morgan fingerprint density at radius 1 is 1.27 bits per heavy atom. The van der Waals surface area contributed by atoms with E-state index in [0.717, 1.165) is 31.5 Å². The number of amides is 1. The van der Waals surface area contributed by atoms with Crippen LogP contribution in [-0.4, -0.2) is 63.8 Å². The van der Waals surface area contributed by atoms with Gasteiger partial charge in [-0.3, -0.25) is 4.79 Å². The summed E-state index contributed by atoms with van der Waals surface area (Å²) in [5, 5.41) is 3.08. The second-order valence-electron chi connectivity index (χ2n) is 9.17. The molecule has 1 amide bonds. The number of benzene rings is 1. The Labute approximate surface area is 179 Å². The van der Waals surface area contributed by atoms with Gasteiger partial charge in [-0.2, -0.15) is 0 Å². The molecular weight excluding hydrogens is 402 g/mol. The molecule has 1 spiro atoms. The van der Waals surface area contributed by atoms with E-state index in [4.69, 9.17) is 4.74 Å². The van der Waals surface area contributed by atoms with Crippen molar-refractivity contribution in [1.29, 1.82) is 0 Å². The molecule has 3 aliphatic rings. The van der Waals surface area contributed by atoms with Crippen molar-refractivity contribution in [2.45, 2.75) is 50.5 Å². The minimum Gasteiger partial charge on any atom is -0.375 e. The molecule has 8 heteroatoms. The summed E-state index contributed by atoms with van der Waals surface area (Å²) in [5.41, 5.74) is 3.13. The van der Waals surface area contributed by atoms with Crippen molar-refractivity contribution in [3.8, 4) is 0 Å². The van der Waals surface area contributed by atoms with Crippen LogP contribution in [0.5, 0.6) is 0 Å². The second kappa shape index (κ2) is 8.48. The molecule has 1 atom stereocenters. The first kappa shape index (κ1) is 21.6. The third kappa shape index (κ3) is 4.81. The van der Waals surface area contributed by atoms with Crippen LogP contribution >= 0.6 is 0 Å². The van der Waals surface area contributed by atoms with Crippen molar-refractivity contribution in [3.05, 3.63) is 23.8 Å². The van der Waals surface area contributed by atoms with Gasteiger partial charge in [0.25, 0.3) is 0 Å². The molecule has 2 fully saturated rings. The first-order valence-corrected chi connectivity index (χ1v) is 12.8. The van der Waals surface area contributed by atoms with Gasteiger partial charge in [-0.05, 0) is 62.1 Å². The highest BCUT2D eigenvalue weighted by molar-refractivity contribution is 7.88. The second-order valence-corrected chi connectivity index (χ2v) is 11.2. The number of nitrogens with zero attached hydrogens (tertiary/aromatic N) is 2. The van der Waals surface area contributed by atoms with Crippen molar-refractivity contribution >= 4 is 27.3 Å². The van der Waals surface area contributed by atoms with Crippen molar-refractivity contribution in [2.75, 3.05) is 49.8 Å². The average molecular weight is 436 g/mol. The van der Waals surface area contributed by atoms with E-state index < -0.39 is 10.0 Å². The van der Waals surface area contributed by atoms with Crippen LogP contribution in [0.3, 0.4) is 0 Å². The van der Waals surface area contributed by atoms with Gasteiger partial charge in [-0.1, -0.05) is 6.07 Å². The lowest BCUT2D eigenvalue weighted by molar-refractivity contribution is -0.129. The van der Waals surface area contributed by atoms with Gasteiger partial charge in [-0.25, -0.2) is 12.7 Å².